The predicted molar refractivity (Wildman–Crippen MR) is 89.4 cm³/mol. The number of isothiocyanates is 1. The first-order chi connectivity index (χ1) is 11.4. The Kier molecular flexibility index (Phi) is 9.83. The summed E-state index contributed by atoms with van der Waals surface area (Å²) in [6.07, 6.45) is 0. The lowest BCUT2D eigenvalue weighted by Gasteiger charge is -2.28. The summed E-state index contributed by atoms with van der Waals surface area (Å²) < 4.78 is 65.4. The number of hydrogen-bond acceptors (Lipinski definition) is 6. The van der Waals surface area contributed by atoms with E-state index in [1.807, 2.05) is 30.3 Å². The smallest absolute Gasteiger partial charge is 0.485 e. The lowest BCUT2D eigenvalue weighted by atomic mass is 10.3. The minimum Gasteiger partial charge on any atom is -0.741 e. The number of quaternary nitrogens is 1. The Bertz CT molecular complexity index is 658. The molecule has 0 heterocycles. The van der Waals surface area contributed by atoms with Crippen LogP contribution in [0.2, 0.25) is 0 Å². The molecule has 142 valence electrons. The number of aliphatic imine (C=N–C) groups is 1. The zero-order valence-corrected chi connectivity index (χ0v) is 15.3. The quantitative estimate of drug-likeness (QED) is 0.231. The Morgan fingerprint density at radius 2 is 1.76 bits per heavy atom. The normalized spacial score (nSPS) is 11.8. The van der Waals surface area contributed by atoms with Crippen LogP contribution >= 0.6 is 12.2 Å². The Morgan fingerprint density at radius 1 is 1.24 bits per heavy atom. The van der Waals surface area contributed by atoms with Crippen molar-refractivity contribution in [3.63, 3.8) is 0 Å². The molecule has 0 radical (unpaired) electrons. The van der Waals surface area contributed by atoms with E-state index in [1.54, 1.807) is 0 Å². The van der Waals surface area contributed by atoms with E-state index in [1.165, 1.54) is 0 Å². The molecule has 0 fully saturated rings. The second kappa shape index (κ2) is 10.5. The average molecular weight is 400 g/mol. The number of rotatable bonds is 7. The second-order valence-electron chi connectivity index (χ2n) is 5.42. The van der Waals surface area contributed by atoms with Gasteiger partial charge in [-0.2, -0.15) is 13.2 Å². The highest BCUT2D eigenvalue weighted by molar-refractivity contribution is 7.86. The molecule has 0 N–H and O–H groups in total. The third-order valence-corrected chi connectivity index (χ3v) is 3.57. The van der Waals surface area contributed by atoms with Crippen LogP contribution in [-0.2, 0) is 10.1 Å². The van der Waals surface area contributed by atoms with Crippen molar-refractivity contribution in [2.75, 3.05) is 40.3 Å². The second-order valence-corrected chi connectivity index (χ2v) is 6.97. The topological polar surface area (TPSA) is 78.8 Å². The predicted octanol–water partition coefficient (Wildman–Crippen LogP) is 2.30. The molecule has 11 heteroatoms. The van der Waals surface area contributed by atoms with Crippen LogP contribution in [0.5, 0.6) is 5.75 Å². The number of benzene rings is 1. The fourth-order valence-electron chi connectivity index (χ4n) is 1.41. The molecule has 25 heavy (non-hydrogen) atoms. The van der Waals surface area contributed by atoms with Gasteiger partial charge in [0.2, 0.25) is 0 Å². The highest BCUT2D eigenvalue weighted by Crippen LogP contribution is 2.20. The molecule has 1 aromatic rings. The first kappa shape index (κ1) is 23.5. The standard InChI is InChI=1S/C13H19N2OS.CHF3O3S/c1-15(2,9-8-14-12-17)10-11-16-13-6-4-3-5-7-13;2-1(3,4)8(5,6)7/h3-7H,8-11H2,1-2H3;(H,5,6,7)/q+1;/p-1. The highest BCUT2D eigenvalue weighted by atomic mass is 32.2. The molecule has 1 aromatic carbocycles. The molecule has 0 saturated carbocycles. The molecular weight excluding hydrogens is 381 g/mol. The van der Waals surface area contributed by atoms with Crippen LogP contribution in [0, 0.1) is 0 Å². The van der Waals surface area contributed by atoms with Gasteiger partial charge in [-0.15, -0.1) is 0 Å². The summed E-state index contributed by atoms with van der Waals surface area (Å²) in [5.41, 5.74) is -5.65. The lowest BCUT2D eigenvalue weighted by molar-refractivity contribution is -0.888. The van der Waals surface area contributed by atoms with Crippen LogP contribution in [0.3, 0.4) is 0 Å². The molecule has 1 rings (SSSR count). The van der Waals surface area contributed by atoms with Crippen LogP contribution in [0.4, 0.5) is 13.2 Å². The first-order valence-electron chi connectivity index (χ1n) is 6.95. The van der Waals surface area contributed by atoms with Gasteiger partial charge in [0.05, 0.1) is 32.3 Å². The summed E-state index contributed by atoms with van der Waals surface area (Å²) in [7, 11) is -1.77. The van der Waals surface area contributed by atoms with Crippen molar-refractivity contribution in [1.82, 2.24) is 0 Å². The molecular formula is C14H19F3N2O4S2. The van der Waals surface area contributed by atoms with Gasteiger partial charge >= 0.3 is 5.51 Å². The van der Waals surface area contributed by atoms with E-state index in [4.69, 9.17) is 17.7 Å². The molecule has 0 amide bonds. The van der Waals surface area contributed by atoms with Gasteiger partial charge in [0.15, 0.2) is 10.1 Å². The zero-order chi connectivity index (χ0) is 19.6. The number of ether oxygens (including phenoxy) is 1. The third kappa shape index (κ3) is 11.6. The van der Waals surface area contributed by atoms with E-state index in [0.29, 0.717) is 6.61 Å². The number of thiocarbonyl (C=S) groups is 1. The fraction of sp³-hybridized carbons (Fsp3) is 0.500. The largest absolute Gasteiger partial charge is 0.741 e. The van der Waals surface area contributed by atoms with Crippen molar-refractivity contribution in [3.05, 3.63) is 30.3 Å². The Morgan fingerprint density at radius 3 is 2.20 bits per heavy atom. The van der Waals surface area contributed by atoms with Gasteiger partial charge in [-0.1, -0.05) is 18.2 Å². The van der Waals surface area contributed by atoms with Crippen molar-refractivity contribution in [2.24, 2.45) is 4.99 Å². The van der Waals surface area contributed by atoms with Gasteiger partial charge < -0.3 is 13.8 Å². The van der Waals surface area contributed by atoms with Gasteiger partial charge in [-0.05, 0) is 24.4 Å². The molecule has 0 aromatic heterocycles. The number of hydrogen-bond donors (Lipinski definition) is 0. The maximum absolute atomic E-state index is 10.7. The minimum absolute atomic E-state index is 0.707. The van der Waals surface area contributed by atoms with Gasteiger partial charge in [0, 0.05) is 0 Å². The fourth-order valence-corrected chi connectivity index (χ4v) is 1.50. The van der Waals surface area contributed by atoms with Crippen LogP contribution in [0.1, 0.15) is 0 Å². The van der Waals surface area contributed by atoms with Crippen LogP contribution in [-0.4, -0.2) is 68.5 Å². The van der Waals surface area contributed by atoms with E-state index in [9.17, 15) is 13.2 Å². The van der Waals surface area contributed by atoms with E-state index in [0.717, 1.165) is 29.9 Å². The third-order valence-electron chi connectivity index (χ3n) is 2.87. The Hall–Kier alpha value is -1.52. The lowest BCUT2D eigenvalue weighted by Crippen LogP contribution is -2.44. The van der Waals surface area contributed by atoms with Gasteiger partial charge in [0.1, 0.15) is 18.9 Å². The van der Waals surface area contributed by atoms with Crippen molar-refractivity contribution >= 4 is 27.5 Å². The van der Waals surface area contributed by atoms with E-state index < -0.39 is 15.6 Å². The number of para-hydroxylation sites is 1. The molecule has 0 unspecified atom stereocenters. The van der Waals surface area contributed by atoms with Crippen molar-refractivity contribution in [2.45, 2.75) is 5.51 Å². The van der Waals surface area contributed by atoms with Crippen molar-refractivity contribution < 1.29 is 35.4 Å². The Balaban J connectivity index is 0.000000609. The average Bonchev–Trinajstić information content (AvgIpc) is 2.47. The molecule has 0 aliphatic carbocycles. The number of halogens is 3. The molecule has 0 aliphatic rings. The first-order valence-corrected chi connectivity index (χ1v) is 8.76. The van der Waals surface area contributed by atoms with Crippen LogP contribution in [0.15, 0.2) is 35.3 Å². The molecule has 0 aliphatic heterocycles. The SMILES string of the molecule is C[N+](C)(CCN=C=S)CCOc1ccccc1.O=S(=O)([O-])C(F)(F)F. The minimum atomic E-state index is -6.09. The molecule has 0 saturated heterocycles. The maximum atomic E-state index is 10.7. The summed E-state index contributed by atoms with van der Waals surface area (Å²) in [6.45, 7) is 3.32. The van der Waals surface area contributed by atoms with Crippen LogP contribution < -0.4 is 4.74 Å². The summed E-state index contributed by atoms with van der Waals surface area (Å²) in [6, 6.07) is 9.87. The van der Waals surface area contributed by atoms with Crippen molar-refractivity contribution in [1.29, 1.82) is 0 Å². The Labute approximate surface area is 150 Å². The van der Waals surface area contributed by atoms with Gasteiger partial charge in [-0.25, -0.2) is 13.4 Å². The summed E-state index contributed by atoms with van der Waals surface area (Å²) >= 11 is 4.54. The van der Waals surface area contributed by atoms with Crippen LogP contribution in [0.25, 0.3) is 0 Å². The number of nitrogens with zero attached hydrogens (tertiary/aromatic N) is 2. The van der Waals surface area contributed by atoms with E-state index in [-0.39, 0.29) is 0 Å². The van der Waals surface area contributed by atoms with Crippen molar-refractivity contribution in [3.8, 4) is 5.75 Å². The summed E-state index contributed by atoms with van der Waals surface area (Å²) in [5, 5.41) is 2.39. The number of likely N-dealkylation sites (N-methyl/N-ethyl adjacent to an activating group) is 1. The summed E-state index contributed by atoms with van der Waals surface area (Å²) in [4.78, 5) is 3.93. The monoisotopic (exact) mass is 400 g/mol. The van der Waals surface area contributed by atoms with E-state index in [2.05, 4.69) is 36.5 Å². The van der Waals surface area contributed by atoms with E-state index >= 15 is 0 Å². The maximum Gasteiger partial charge on any atom is 0.485 e. The highest BCUT2D eigenvalue weighted by Gasteiger charge is 2.36. The molecule has 6 nitrogen and oxygen atoms in total. The van der Waals surface area contributed by atoms with Gasteiger partial charge in [-0.3, -0.25) is 0 Å². The molecule has 0 atom stereocenters. The molecule has 0 spiro atoms. The zero-order valence-electron chi connectivity index (χ0n) is 13.7. The molecule has 0 bridgehead atoms. The summed E-state index contributed by atoms with van der Waals surface area (Å²) in [5.74, 6) is 0.921. The number of alkyl halides is 3. The van der Waals surface area contributed by atoms with Gasteiger partial charge in [0.25, 0.3) is 0 Å².